The van der Waals surface area contributed by atoms with E-state index in [2.05, 4.69) is 19.9 Å². The quantitative estimate of drug-likeness (QED) is 0.835. The van der Waals surface area contributed by atoms with Gasteiger partial charge in [-0.1, -0.05) is 0 Å². The summed E-state index contributed by atoms with van der Waals surface area (Å²) >= 11 is 0. The lowest BCUT2D eigenvalue weighted by atomic mass is 10.2. The van der Waals surface area contributed by atoms with Crippen molar-refractivity contribution < 1.29 is 14.6 Å². The molecule has 0 amide bonds. The van der Waals surface area contributed by atoms with Crippen LogP contribution in [0.25, 0.3) is 0 Å². The standard InChI is InChI=1S/C11H12N4O3/c1-17-8-6-14-9(11(15-8)18-2)10(16)7-5-12-3-4-13-7/h3-6,10,16H,1-2H3. The predicted molar refractivity (Wildman–Crippen MR) is 61.2 cm³/mol. The van der Waals surface area contributed by atoms with Gasteiger partial charge in [0.25, 0.3) is 0 Å². The van der Waals surface area contributed by atoms with Crippen molar-refractivity contribution in [1.82, 2.24) is 19.9 Å². The highest BCUT2D eigenvalue weighted by Gasteiger charge is 2.20. The normalized spacial score (nSPS) is 11.9. The Labute approximate surface area is 103 Å². The molecule has 2 aromatic rings. The highest BCUT2D eigenvalue weighted by molar-refractivity contribution is 5.28. The molecule has 94 valence electrons. The molecule has 18 heavy (non-hydrogen) atoms. The van der Waals surface area contributed by atoms with Gasteiger partial charge in [-0.25, -0.2) is 4.98 Å². The topological polar surface area (TPSA) is 90.2 Å². The summed E-state index contributed by atoms with van der Waals surface area (Å²) in [6.45, 7) is 0. The molecule has 0 radical (unpaired) electrons. The van der Waals surface area contributed by atoms with Gasteiger partial charge >= 0.3 is 0 Å². The Morgan fingerprint density at radius 2 is 1.94 bits per heavy atom. The van der Waals surface area contributed by atoms with Crippen molar-refractivity contribution in [3.05, 3.63) is 36.2 Å². The van der Waals surface area contributed by atoms with E-state index >= 15 is 0 Å². The van der Waals surface area contributed by atoms with Gasteiger partial charge in [0.05, 0.1) is 32.3 Å². The first-order valence-corrected chi connectivity index (χ1v) is 5.15. The van der Waals surface area contributed by atoms with Crippen LogP contribution in [-0.2, 0) is 0 Å². The number of nitrogens with zero attached hydrogens (tertiary/aromatic N) is 4. The fourth-order valence-electron chi connectivity index (χ4n) is 1.39. The zero-order chi connectivity index (χ0) is 13.0. The molecule has 1 atom stereocenters. The minimum atomic E-state index is -1.05. The second kappa shape index (κ2) is 5.37. The zero-order valence-corrected chi connectivity index (χ0v) is 9.94. The van der Waals surface area contributed by atoms with E-state index in [0.717, 1.165) is 0 Å². The van der Waals surface area contributed by atoms with Crippen LogP contribution in [0.15, 0.2) is 24.8 Å². The van der Waals surface area contributed by atoms with Crippen LogP contribution < -0.4 is 9.47 Å². The third-order valence-corrected chi connectivity index (χ3v) is 2.27. The van der Waals surface area contributed by atoms with Gasteiger partial charge in [0, 0.05) is 12.4 Å². The zero-order valence-electron chi connectivity index (χ0n) is 9.94. The van der Waals surface area contributed by atoms with Crippen LogP contribution in [0, 0.1) is 0 Å². The average molecular weight is 248 g/mol. The van der Waals surface area contributed by atoms with Crippen molar-refractivity contribution in [2.24, 2.45) is 0 Å². The lowest BCUT2D eigenvalue weighted by Gasteiger charge is -2.12. The van der Waals surface area contributed by atoms with Crippen LogP contribution in [0.5, 0.6) is 11.8 Å². The second-order valence-corrected chi connectivity index (χ2v) is 3.34. The van der Waals surface area contributed by atoms with Gasteiger partial charge in [0.2, 0.25) is 11.8 Å². The number of rotatable bonds is 4. The molecule has 1 N–H and O–H groups in total. The van der Waals surface area contributed by atoms with Gasteiger partial charge in [-0.2, -0.15) is 4.98 Å². The molecular formula is C11H12N4O3. The fraction of sp³-hybridized carbons (Fsp3) is 0.273. The number of aliphatic hydroxyl groups excluding tert-OH is 1. The van der Waals surface area contributed by atoms with E-state index in [4.69, 9.17) is 9.47 Å². The van der Waals surface area contributed by atoms with E-state index in [1.807, 2.05) is 0 Å². The Morgan fingerprint density at radius 1 is 1.11 bits per heavy atom. The number of ether oxygens (including phenoxy) is 2. The molecule has 0 saturated heterocycles. The highest BCUT2D eigenvalue weighted by Crippen LogP contribution is 2.26. The number of hydrogen-bond acceptors (Lipinski definition) is 7. The molecule has 7 heteroatoms. The molecule has 7 nitrogen and oxygen atoms in total. The fourth-order valence-corrected chi connectivity index (χ4v) is 1.39. The van der Waals surface area contributed by atoms with Gasteiger partial charge in [-0.05, 0) is 0 Å². The largest absolute Gasteiger partial charge is 0.480 e. The maximum Gasteiger partial charge on any atom is 0.241 e. The number of methoxy groups -OCH3 is 2. The smallest absolute Gasteiger partial charge is 0.241 e. The summed E-state index contributed by atoms with van der Waals surface area (Å²) in [5, 5.41) is 10.1. The number of aromatic nitrogens is 4. The first-order chi connectivity index (χ1) is 8.76. The minimum Gasteiger partial charge on any atom is -0.480 e. The van der Waals surface area contributed by atoms with Gasteiger partial charge in [0.1, 0.15) is 11.8 Å². The van der Waals surface area contributed by atoms with Crippen LogP contribution in [0.3, 0.4) is 0 Å². The molecule has 0 fully saturated rings. The van der Waals surface area contributed by atoms with Crippen molar-refractivity contribution in [3.8, 4) is 11.8 Å². The van der Waals surface area contributed by atoms with E-state index < -0.39 is 6.10 Å². The maximum atomic E-state index is 10.1. The molecule has 0 bridgehead atoms. The average Bonchev–Trinajstić information content (AvgIpc) is 2.46. The highest BCUT2D eigenvalue weighted by atomic mass is 16.5. The van der Waals surface area contributed by atoms with Gasteiger partial charge in [-0.3, -0.25) is 9.97 Å². The number of aliphatic hydroxyl groups is 1. The van der Waals surface area contributed by atoms with Gasteiger partial charge in [-0.15, -0.1) is 0 Å². The summed E-state index contributed by atoms with van der Waals surface area (Å²) in [4.78, 5) is 16.0. The number of hydrogen-bond donors (Lipinski definition) is 1. The van der Waals surface area contributed by atoms with Crippen LogP contribution in [0.1, 0.15) is 17.5 Å². The maximum absolute atomic E-state index is 10.1. The predicted octanol–water partition coefficient (Wildman–Crippen LogP) is 0.365. The van der Waals surface area contributed by atoms with E-state index in [0.29, 0.717) is 11.6 Å². The molecule has 0 aliphatic carbocycles. The Hall–Kier alpha value is -2.28. The summed E-state index contributed by atoms with van der Waals surface area (Å²) in [5.41, 5.74) is 0.633. The molecular weight excluding hydrogens is 236 g/mol. The van der Waals surface area contributed by atoms with Crippen molar-refractivity contribution >= 4 is 0 Å². The Balaban J connectivity index is 2.38. The summed E-state index contributed by atoms with van der Waals surface area (Å²) < 4.78 is 10.0. The molecule has 2 aromatic heterocycles. The first-order valence-electron chi connectivity index (χ1n) is 5.15. The van der Waals surface area contributed by atoms with Crippen LogP contribution in [0.2, 0.25) is 0 Å². The molecule has 0 aliphatic rings. The molecule has 0 spiro atoms. The third kappa shape index (κ3) is 2.35. The van der Waals surface area contributed by atoms with E-state index in [1.54, 1.807) is 0 Å². The summed E-state index contributed by atoms with van der Waals surface area (Å²) in [7, 11) is 2.92. The van der Waals surface area contributed by atoms with Gasteiger partial charge < -0.3 is 14.6 Å². The van der Waals surface area contributed by atoms with Crippen LogP contribution in [-0.4, -0.2) is 39.3 Å². The second-order valence-electron chi connectivity index (χ2n) is 3.34. The lowest BCUT2D eigenvalue weighted by molar-refractivity contribution is 0.201. The molecule has 2 rings (SSSR count). The summed E-state index contributed by atoms with van der Waals surface area (Å²) in [6, 6.07) is 0. The molecule has 0 aliphatic heterocycles. The lowest BCUT2D eigenvalue weighted by Crippen LogP contribution is -2.08. The van der Waals surface area contributed by atoms with Crippen molar-refractivity contribution in [2.75, 3.05) is 14.2 Å². The van der Waals surface area contributed by atoms with Crippen LogP contribution >= 0.6 is 0 Å². The monoisotopic (exact) mass is 248 g/mol. The molecule has 0 aromatic carbocycles. The van der Waals surface area contributed by atoms with Crippen molar-refractivity contribution in [1.29, 1.82) is 0 Å². The van der Waals surface area contributed by atoms with Crippen molar-refractivity contribution in [2.45, 2.75) is 6.10 Å². The Kier molecular flexibility index (Phi) is 3.63. The van der Waals surface area contributed by atoms with Crippen LogP contribution in [0.4, 0.5) is 0 Å². The summed E-state index contributed by atoms with van der Waals surface area (Å²) in [6.07, 6.45) is 4.81. The summed E-state index contributed by atoms with van der Waals surface area (Å²) in [5.74, 6) is 0.495. The third-order valence-electron chi connectivity index (χ3n) is 2.27. The van der Waals surface area contributed by atoms with Gasteiger partial charge in [0.15, 0.2) is 0 Å². The Morgan fingerprint density at radius 3 is 2.56 bits per heavy atom. The first kappa shape index (κ1) is 12.2. The van der Waals surface area contributed by atoms with Crippen molar-refractivity contribution in [3.63, 3.8) is 0 Å². The van der Waals surface area contributed by atoms with E-state index in [9.17, 15) is 5.11 Å². The molecule has 1 unspecified atom stereocenters. The molecule has 2 heterocycles. The Bertz CT molecular complexity index is 521. The SMILES string of the molecule is COc1cnc(C(O)c2cnccn2)c(OC)n1. The van der Waals surface area contributed by atoms with E-state index in [1.165, 1.54) is 39.0 Å². The minimum absolute atomic E-state index is 0.188. The van der Waals surface area contributed by atoms with E-state index in [-0.39, 0.29) is 11.6 Å². The molecule has 0 saturated carbocycles.